The van der Waals surface area contributed by atoms with Gasteiger partial charge in [0, 0.05) is 62.0 Å². The van der Waals surface area contributed by atoms with Crippen molar-refractivity contribution >= 4 is 5.91 Å². The molecule has 3 aromatic rings. The maximum absolute atomic E-state index is 12.4. The molecule has 190 valence electrons. The Bertz CT molecular complexity index is 1250. The van der Waals surface area contributed by atoms with Gasteiger partial charge in [0.2, 0.25) is 17.6 Å². The highest BCUT2D eigenvalue weighted by atomic mass is 16.5. The summed E-state index contributed by atoms with van der Waals surface area (Å²) in [7, 11) is 2.07. The van der Waals surface area contributed by atoms with E-state index in [9.17, 15) is 9.90 Å². The molecule has 1 aromatic carbocycles. The third kappa shape index (κ3) is 4.12. The standard InChI is InChI=1S/C28H35N5O3/c1-18(2)20-6-8-23(9-7-20)28(35,27(4)16-32(5)17-27)24-12-22(13-29-14-24)25-30-26(36-31-25)21-10-11-33(15-21)19(3)34/h6-9,12-14,18,21,35H,10-11,15-17H2,1-5H3/t21-,28-/m0/s1. The maximum Gasteiger partial charge on any atom is 0.231 e. The number of carbonyl (C=O) groups excluding carboxylic acids is 1. The molecule has 2 fully saturated rings. The summed E-state index contributed by atoms with van der Waals surface area (Å²) in [6.07, 6.45) is 4.25. The first-order valence-corrected chi connectivity index (χ1v) is 12.7. The van der Waals surface area contributed by atoms with Crippen molar-refractivity contribution < 1.29 is 14.4 Å². The van der Waals surface area contributed by atoms with Gasteiger partial charge in [0.1, 0.15) is 5.60 Å². The zero-order valence-corrected chi connectivity index (χ0v) is 21.7. The van der Waals surface area contributed by atoms with Gasteiger partial charge in [-0.15, -0.1) is 0 Å². The molecule has 0 radical (unpaired) electrons. The zero-order valence-electron chi connectivity index (χ0n) is 21.7. The van der Waals surface area contributed by atoms with E-state index in [-0.39, 0.29) is 17.2 Å². The van der Waals surface area contributed by atoms with Gasteiger partial charge in [-0.1, -0.05) is 50.2 Å². The molecule has 8 heteroatoms. The van der Waals surface area contributed by atoms with Gasteiger partial charge in [-0.05, 0) is 36.6 Å². The van der Waals surface area contributed by atoms with E-state index in [1.165, 1.54) is 5.56 Å². The molecular weight excluding hydrogens is 454 g/mol. The van der Waals surface area contributed by atoms with Crippen LogP contribution in [0.3, 0.4) is 0 Å². The zero-order chi connectivity index (χ0) is 25.7. The Kier molecular flexibility index (Phi) is 6.21. The lowest BCUT2D eigenvalue weighted by atomic mass is 9.62. The Morgan fingerprint density at radius 1 is 1.19 bits per heavy atom. The second kappa shape index (κ2) is 9.09. The van der Waals surface area contributed by atoms with Crippen LogP contribution in [0.5, 0.6) is 0 Å². The molecule has 0 spiro atoms. The Balaban J connectivity index is 1.49. The van der Waals surface area contributed by atoms with Crippen molar-refractivity contribution in [1.82, 2.24) is 24.9 Å². The SMILES string of the molecule is CC(=O)N1CC[C@H](c2nc(-c3cncc([C@@](O)(c4ccc(C(C)C)cc4)C4(C)CN(C)C4)c3)no2)C1. The highest BCUT2D eigenvalue weighted by Gasteiger charge is 2.55. The van der Waals surface area contributed by atoms with Crippen LogP contribution in [0.1, 0.15) is 68.5 Å². The van der Waals surface area contributed by atoms with Gasteiger partial charge < -0.3 is 19.4 Å². The summed E-state index contributed by atoms with van der Waals surface area (Å²) in [6, 6.07) is 10.2. The average Bonchev–Trinajstić information content (AvgIpc) is 3.53. The molecule has 0 bridgehead atoms. The van der Waals surface area contributed by atoms with Gasteiger partial charge in [-0.3, -0.25) is 9.78 Å². The smallest absolute Gasteiger partial charge is 0.231 e. The summed E-state index contributed by atoms with van der Waals surface area (Å²) in [6.45, 7) is 10.9. The minimum atomic E-state index is -1.24. The van der Waals surface area contributed by atoms with E-state index < -0.39 is 5.60 Å². The first-order valence-electron chi connectivity index (χ1n) is 12.7. The Morgan fingerprint density at radius 3 is 2.53 bits per heavy atom. The molecule has 2 aromatic heterocycles. The predicted octanol–water partition coefficient (Wildman–Crippen LogP) is 3.78. The van der Waals surface area contributed by atoms with E-state index in [2.05, 4.69) is 60.0 Å². The van der Waals surface area contributed by atoms with E-state index in [1.54, 1.807) is 24.2 Å². The largest absolute Gasteiger partial charge is 0.380 e. The normalized spacial score (nSPS) is 21.4. The monoisotopic (exact) mass is 489 g/mol. The van der Waals surface area contributed by atoms with Gasteiger partial charge in [-0.25, -0.2) is 0 Å². The molecule has 2 saturated heterocycles. The number of aromatic nitrogens is 3. The van der Waals surface area contributed by atoms with Gasteiger partial charge in [0.15, 0.2) is 0 Å². The summed E-state index contributed by atoms with van der Waals surface area (Å²) in [4.78, 5) is 24.8. The summed E-state index contributed by atoms with van der Waals surface area (Å²) in [5.41, 5.74) is 1.87. The van der Waals surface area contributed by atoms with E-state index in [0.29, 0.717) is 41.8 Å². The third-order valence-electron chi connectivity index (χ3n) is 7.95. The number of hydrogen-bond donors (Lipinski definition) is 1. The van der Waals surface area contributed by atoms with Crippen LogP contribution in [0.2, 0.25) is 0 Å². The molecule has 5 rings (SSSR count). The number of aliphatic hydroxyl groups is 1. The number of hydrogen-bond acceptors (Lipinski definition) is 7. The molecule has 1 N–H and O–H groups in total. The van der Waals surface area contributed by atoms with Crippen molar-refractivity contribution in [2.45, 2.75) is 51.6 Å². The molecule has 2 aliphatic heterocycles. The van der Waals surface area contributed by atoms with Crippen molar-refractivity contribution in [3.63, 3.8) is 0 Å². The van der Waals surface area contributed by atoms with Crippen LogP contribution in [-0.4, -0.2) is 69.2 Å². The van der Waals surface area contributed by atoms with Crippen LogP contribution < -0.4 is 0 Å². The number of likely N-dealkylation sites (tertiary alicyclic amines) is 2. The second-order valence-electron chi connectivity index (χ2n) is 11.1. The number of benzene rings is 1. The quantitative estimate of drug-likeness (QED) is 0.563. The number of amides is 1. The van der Waals surface area contributed by atoms with E-state index in [4.69, 9.17) is 4.52 Å². The van der Waals surface area contributed by atoms with Crippen molar-refractivity contribution in [2.24, 2.45) is 5.41 Å². The number of rotatable bonds is 6. The highest BCUT2D eigenvalue weighted by Crippen LogP contribution is 2.50. The molecule has 8 nitrogen and oxygen atoms in total. The lowest BCUT2D eigenvalue weighted by molar-refractivity contribution is -0.127. The summed E-state index contributed by atoms with van der Waals surface area (Å²) >= 11 is 0. The lowest BCUT2D eigenvalue weighted by Gasteiger charge is -2.55. The van der Waals surface area contributed by atoms with E-state index >= 15 is 0 Å². The minimum Gasteiger partial charge on any atom is -0.380 e. The molecule has 2 aliphatic rings. The topological polar surface area (TPSA) is 95.6 Å². The maximum atomic E-state index is 12.4. The molecule has 36 heavy (non-hydrogen) atoms. The molecule has 1 amide bonds. The number of carbonyl (C=O) groups is 1. The molecule has 0 saturated carbocycles. The Hall–Kier alpha value is -3.10. The third-order valence-corrected chi connectivity index (χ3v) is 7.95. The van der Waals surface area contributed by atoms with Crippen LogP contribution >= 0.6 is 0 Å². The molecule has 4 heterocycles. The first kappa shape index (κ1) is 24.6. The van der Waals surface area contributed by atoms with Crippen molar-refractivity contribution in [3.8, 4) is 11.4 Å². The predicted molar refractivity (Wildman–Crippen MR) is 136 cm³/mol. The van der Waals surface area contributed by atoms with E-state index in [1.807, 2.05) is 18.2 Å². The lowest BCUT2D eigenvalue weighted by Crippen LogP contribution is -2.63. The van der Waals surface area contributed by atoms with Gasteiger partial charge in [0.25, 0.3) is 0 Å². The first-order chi connectivity index (χ1) is 17.1. The highest BCUT2D eigenvalue weighted by molar-refractivity contribution is 5.73. The van der Waals surface area contributed by atoms with Crippen LogP contribution in [0, 0.1) is 5.41 Å². The van der Waals surface area contributed by atoms with Crippen molar-refractivity contribution in [2.75, 3.05) is 33.2 Å². The number of nitrogens with zero attached hydrogens (tertiary/aromatic N) is 5. The summed E-state index contributed by atoms with van der Waals surface area (Å²) in [5, 5.41) is 16.7. The van der Waals surface area contributed by atoms with Gasteiger partial charge in [0.05, 0.1) is 5.92 Å². The van der Waals surface area contributed by atoms with E-state index in [0.717, 1.165) is 25.1 Å². The van der Waals surface area contributed by atoms with Gasteiger partial charge >= 0.3 is 0 Å². The van der Waals surface area contributed by atoms with Crippen molar-refractivity contribution in [1.29, 1.82) is 0 Å². The minimum absolute atomic E-state index is 0.0344. The molecule has 2 atom stereocenters. The number of pyridine rings is 1. The fraction of sp³-hybridized carbons (Fsp3) is 0.500. The summed E-state index contributed by atoms with van der Waals surface area (Å²) < 4.78 is 5.59. The Morgan fingerprint density at radius 2 is 1.92 bits per heavy atom. The fourth-order valence-electron chi connectivity index (χ4n) is 5.87. The molecule has 0 unspecified atom stereocenters. The molecule has 0 aliphatic carbocycles. The average molecular weight is 490 g/mol. The fourth-order valence-corrected chi connectivity index (χ4v) is 5.87. The Labute approximate surface area is 212 Å². The second-order valence-corrected chi connectivity index (χ2v) is 11.1. The molecular formula is C28H35N5O3. The summed E-state index contributed by atoms with van der Waals surface area (Å²) in [5.74, 6) is 1.48. The van der Waals surface area contributed by atoms with Gasteiger partial charge in [-0.2, -0.15) is 4.98 Å². The van der Waals surface area contributed by atoms with Crippen LogP contribution in [0.4, 0.5) is 0 Å². The van der Waals surface area contributed by atoms with Crippen LogP contribution in [0.25, 0.3) is 11.4 Å². The van der Waals surface area contributed by atoms with Crippen molar-refractivity contribution in [3.05, 3.63) is 65.3 Å². The van der Waals surface area contributed by atoms with Crippen LogP contribution in [-0.2, 0) is 10.4 Å². The van der Waals surface area contributed by atoms with Crippen LogP contribution in [0.15, 0.2) is 47.2 Å².